The van der Waals surface area contributed by atoms with Crippen LogP contribution in [0.1, 0.15) is 50.6 Å². The van der Waals surface area contributed by atoms with Gasteiger partial charge in [0.1, 0.15) is 0 Å². The minimum atomic E-state index is 0.484. The van der Waals surface area contributed by atoms with Gasteiger partial charge < -0.3 is 4.57 Å². The lowest BCUT2D eigenvalue weighted by atomic mass is 9.90. The predicted molar refractivity (Wildman–Crippen MR) is 60.7 cm³/mol. The molecule has 0 saturated carbocycles. The Labute approximate surface area is 87.1 Å². The van der Waals surface area contributed by atoms with Gasteiger partial charge in [-0.3, -0.25) is 0 Å². The first-order valence-electron chi connectivity index (χ1n) is 5.58. The molecule has 14 heavy (non-hydrogen) atoms. The normalized spacial score (nSPS) is 19.0. The molecule has 1 nitrogen and oxygen atoms in total. The average Bonchev–Trinajstić information content (AvgIpc) is 2.46. The van der Waals surface area contributed by atoms with Crippen LogP contribution in [0, 0.1) is 5.41 Å². The molecule has 0 saturated heterocycles. The first-order chi connectivity index (χ1) is 6.41. The van der Waals surface area contributed by atoms with E-state index >= 15 is 0 Å². The van der Waals surface area contributed by atoms with Gasteiger partial charge in [-0.2, -0.15) is 0 Å². The Hall–Kier alpha value is -0.720. The summed E-state index contributed by atoms with van der Waals surface area (Å²) in [6, 6.07) is 2.41. The number of nitrogens with zero attached hydrogens (tertiary/aromatic N) is 1. The first kappa shape index (κ1) is 9.82. The van der Waals surface area contributed by atoms with E-state index in [2.05, 4.69) is 45.4 Å². The van der Waals surface area contributed by atoms with Crippen LogP contribution in [0.5, 0.6) is 0 Å². The molecule has 0 aromatic carbocycles. The molecule has 0 aliphatic heterocycles. The van der Waals surface area contributed by atoms with Crippen LogP contribution in [-0.2, 0) is 19.9 Å². The van der Waals surface area contributed by atoms with Crippen molar-refractivity contribution in [3.63, 3.8) is 0 Å². The maximum Gasteiger partial charge on any atom is 0.0212 e. The summed E-state index contributed by atoms with van der Waals surface area (Å²) in [5.41, 5.74) is 5.13. The molecule has 1 aliphatic rings. The third-order valence-corrected chi connectivity index (χ3v) is 3.39. The summed E-state index contributed by atoms with van der Waals surface area (Å²) >= 11 is 0. The lowest BCUT2D eigenvalue weighted by Crippen LogP contribution is -2.13. The summed E-state index contributed by atoms with van der Waals surface area (Å²) in [5.74, 6) is 0.647. The van der Waals surface area contributed by atoms with Crippen LogP contribution >= 0.6 is 0 Å². The largest absolute Gasteiger partial charge is 0.351 e. The maximum atomic E-state index is 2.41. The van der Waals surface area contributed by atoms with Gasteiger partial charge in [-0.05, 0) is 35.8 Å². The molecular weight excluding hydrogens is 170 g/mol. The van der Waals surface area contributed by atoms with Crippen molar-refractivity contribution in [3.05, 3.63) is 23.0 Å². The molecule has 0 fully saturated rings. The van der Waals surface area contributed by atoms with Crippen molar-refractivity contribution < 1.29 is 0 Å². The molecule has 0 bridgehead atoms. The zero-order valence-electron chi connectivity index (χ0n) is 10.0. The van der Waals surface area contributed by atoms with Gasteiger partial charge >= 0.3 is 0 Å². The van der Waals surface area contributed by atoms with E-state index in [-0.39, 0.29) is 0 Å². The van der Waals surface area contributed by atoms with Gasteiger partial charge in [-0.1, -0.05) is 27.7 Å². The quantitative estimate of drug-likeness (QED) is 0.642. The fraction of sp³-hybridized carbons (Fsp3) is 0.692. The standard InChI is InChI=1S/C13H21N/c1-9(2)11-6-10-7-13(3,4)8-12(10)14(11)5/h6,9H,7-8H2,1-5H3. The van der Waals surface area contributed by atoms with Crippen molar-refractivity contribution >= 4 is 0 Å². The molecular formula is C13H21N. The van der Waals surface area contributed by atoms with Crippen LogP contribution in [-0.4, -0.2) is 4.57 Å². The van der Waals surface area contributed by atoms with Crippen LogP contribution in [0.3, 0.4) is 0 Å². The van der Waals surface area contributed by atoms with Crippen LogP contribution in [0.2, 0.25) is 0 Å². The van der Waals surface area contributed by atoms with Crippen LogP contribution in [0.4, 0.5) is 0 Å². The summed E-state index contributed by atoms with van der Waals surface area (Å²) in [7, 11) is 2.22. The molecule has 0 atom stereocenters. The summed E-state index contributed by atoms with van der Waals surface area (Å²) in [4.78, 5) is 0. The number of aromatic nitrogens is 1. The molecule has 0 amide bonds. The second-order valence-corrected chi connectivity index (χ2v) is 5.77. The molecule has 0 spiro atoms. The fourth-order valence-electron chi connectivity index (χ4n) is 2.70. The Morgan fingerprint density at radius 3 is 2.43 bits per heavy atom. The molecule has 0 N–H and O–H groups in total. The van der Waals surface area contributed by atoms with E-state index in [4.69, 9.17) is 0 Å². The topological polar surface area (TPSA) is 4.93 Å². The smallest absolute Gasteiger partial charge is 0.0212 e. The lowest BCUT2D eigenvalue weighted by Gasteiger charge is -2.18. The summed E-state index contributed by atoms with van der Waals surface area (Å²) in [6.45, 7) is 9.27. The van der Waals surface area contributed by atoms with Crippen molar-refractivity contribution in [2.24, 2.45) is 12.5 Å². The molecule has 1 aromatic rings. The third-order valence-electron chi connectivity index (χ3n) is 3.39. The van der Waals surface area contributed by atoms with E-state index in [0.29, 0.717) is 11.3 Å². The van der Waals surface area contributed by atoms with Crippen LogP contribution < -0.4 is 0 Å². The number of hydrogen-bond donors (Lipinski definition) is 0. The van der Waals surface area contributed by atoms with E-state index < -0.39 is 0 Å². The molecule has 0 unspecified atom stereocenters. The van der Waals surface area contributed by atoms with E-state index in [0.717, 1.165) is 0 Å². The minimum Gasteiger partial charge on any atom is -0.351 e. The van der Waals surface area contributed by atoms with Gasteiger partial charge in [0, 0.05) is 18.4 Å². The SMILES string of the molecule is CC(C)c1cc2c(n1C)CC(C)(C)C2. The highest BCUT2D eigenvalue weighted by atomic mass is 15.0. The van der Waals surface area contributed by atoms with Gasteiger partial charge in [-0.25, -0.2) is 0 Å². The molecule has 1 heteroatoms. The maximum absolute atomic E-state index is 2.41. The monoisotopic (exact) mass is 191 g/mol. The van der Waals surface area contributed by atoms with Gasteiger partial charge in [0.15, 0.2) is 0 Å². The second kappa shape index (κ2) is 2.88. The van der Waals surface area contributed by atoms with Crippen LogP contribution in [0.25, 0.3) is 0 Å². The molecule has 1 aliphatic carbocycles. The highest BCUT2D eigenvalue weighted by Gasteiger charge is 2.31. The average molecular weight is 191 g/mol. The number of rotatable bonds is 1. The zero-order valence-corrected chi connectivity index (χ0v) is 10.0. The van der Waals surface area contributed by atoms with E-state index in [1.807, 2.05) is 0 Å². The predicted octanol–water partition coefficient (Wildman–Crippen LogP) is 3.27. The van der Waals surface area contributed by atoms with Gasteiger partial charge in [0.05, 0.1) is 0 Å². The molecule has 78 valence electrons. The Morgan fingerprint density at radius 1 is 1.29 bits per heavy atom. The van der Waals surface area contributed by atoms with Crippen molar-refractivity contribution in [1.29, 1.82) is 0 Å². The highest BCUT2D eigenvalue weighted by Crippen LogP contribution is 2.38. The van der Waals surface area contributed by atoms with E-state index in [1.165, 1.54) is 18.5 Å². The molecule has 1 heterocycles. The highest BCUT2D eigenvalue weighted by molar-refractivity contribution is 5.35. The van der Waals surface area contributed by atoms with Gasteiger partial charge in [0.2, 0.25) is 0 Å². The molecule has 0 radical (unpaired) electrons. The Morgan fingerprint density at radius 2 is 1.93 bits per heavy atom. The van der Waals surface area contributed by atoms with Crippen molar-refractivity contribution in [2.45, 2.75) is 46.5 Å². The third kappa shape index (κ3) is 1.39. The Balaban J connectivity index is 2.41. The summed E-state index contributed by atoms with van der Waals surface area (Å²) < 4.78 is 2.41. The second-order valence-electron chi connectivity index (χ2n) is 5.77. The van der Waals surface area contributed by atoms with Crippen molar-refractivity contribution in [1.82, 2.24) is 4.57 Å². The minimum absolute atomic E-state index is 0.484. The zero-order chi connectivity index (χ0) is 10.5. The number of hydrogen-bond acceptors (Lipinski definition) is 0. The van der Waals surface area contributed by atoms with E-state index in [1.54, 1.807) is 11.3 Å². The van der Waals surface area contributed by atoms with Crippen LogP contribution in [0.15, 0.2) is 6.07 Å². The van der Waals surface area contributed by atoms with Crippen molar-refractivity contribution in [3.8, 4) is 0 Å². The van der Waals surface area contributed by atoms with Gasteiger partial charge in [-0.15, -0.1) is 0 Å². The molecule has 1 aromatic heterocycles. The summed E-state index contributed by atoms with van der Waals surface area (Å²) in [6.07, 6.45) is 2.49. The molecule has 2 rings (SSSR count). The first-order valence-corrected chi connectivity index (χ1v) is 5.58. The van der Waals surface area contributed by atoms with Gasteiger partial charge in [0.25, 0.3) is 0 Å². The Bertz CT molecular complexity index is 356. The summed E-state index contributed by atoms with van der Waals surface area (Å²) in [5, 5.41) is 0. The van der Waals surface area contributed by atoms with E-state index in [9.17, 15) is 0 Å². The Kier molecular flexibility index (Phi) is 2.02. The lowest BCUT2D eigenvalue weighted by molar-refractivity contribution is 0.385. The fourth-order valence-corrected chi connectivity index (χ4v) is 2.70. The van der Waals surface area contributed by atoms with Crippen molar-refractivity contribution in [2.75, 3.05) is 0 Å². The number of fused-ring (bicyclic) bond motifs is 1.